The summed E-state index contributed by atoms with van der Waals surface area (Å²) >= 11 is 5.53. The fraction of sp³-hybridized carbons (Fsp3) is 0.381. The molecular formula is C21H29N3S. The van der Waals surface area contributed by atoms with Gasteiger partial charge in [0, 0.05) is 12.2 Å². The van der Waals surface area contributed by atoms with Crippen molar-refractivity contribution in [2.24, 2.45) is 0 Å². The van der Waals surface area contributed by atoms with Crippen LogP contribution in [0.3, 0.4) is 0 Å². The van der Waals surface area contributed by atoms with Crippen LogP contribution >= 0.6 is 12.2 Å². The molecule has 0 fully saturated rings. The Morgan fingerprint density at radius 3 is 2.32 bits per heavy atom. The third-order valence-corrected chi connectivity index (χ3v) is 4.31. The van der Waals surface area contributed by atoms with Crippen molar-refractivity contribution in [1.29, 1.82) is 0 Å². The van der Waals surface area contributed by atoms with E-state index in [1.807, 2.05) is 6.07 Å². The number of hydrogen-bond donors (Lipinski definition) is 2. The highest BCUT2D eigenvalue weighted by molar-refractivity contribution is 7.80. The van der Waals surface area contributed by atoms with Crippen LogP contribution in [0.4, 0.5) is 5.69 Å². The van der Waals surface area contributed by atoms with Gasteiger partial charge in [-0.25, -0.2) is 0 Å². The minimum atomic E-state index is 0.153. The molecule has 2 rings (SSSR count). The normalized spacial score (nSPS) is 12.0. The Labute approximate surface area is 157 Å². The topological polar surface area (TPSA) is 27.3 Å². The average Bonchev–Trinajstić information content (AvgIpc) is 2.61. The quantitative estimate of drug-likeness (QED) is 0.676. The van der Waals surface area contributed by atoms with Gasteiger partial charge in [0.25, 0.3) is 0 Å². The molecule has 134 valence electrons. The van der Waals surface area contributed by atoms with Gasteiger partial charge >= 0.3 is 0 Å². The van der Waals surface area contributed by atoms with Gasteiger partial charge in [0.05, 0.1) is 6.04 Å². The monoisotopic (exact) mass is 355 g/mol. The van der Waals surface area contributed by atoms with Gasteiger partial charge in [-0.1, -0.05) is 55.8 Å². The number of anilines is 1. The zero-order valence-corrected chi connectivity index (χ0v) is 16.3. The molecule has 2 aromatic rings. The zero-order valence-electron chi connectivity index (χ0n) is 15.5. The number of nitrogens with zero attached hydrogens (tertiary/aromatic N) is 1. The number of likely N-dealkylation sites (N-methyl/N-ethyl adjacent to an activating group) is 1. The maximum absolute atomic E-state index is 5.53. The number of nitrogens with one attached hydrogen (secondary N) is 2. The van der Waals surface area contributed by atoms with E-state index in [4.69, 9.17) is 12.2 Å². The van der Waals surface area contributed by atoms with Gasteiger partial charge in [-0.3, -0.25) is 0 Å². The highest BCUT2D eigenvalue weighted by Crippen LogP contribution is 2.15. The lowest BCUT2D eigenvalue weighted by Crippen LogP contribution is -2.37. The first-order valence-corrected chi connectivity index (χ1v) is 9.35. The number of benzene rings is 2. The fourth-order valence-electron chi connectivity index (χ4n) is 2.75. The molecule has 3 nitrogen and oxygen atoms in total. The molecule has 2 N–H and O–H groups in total. The third-order valence-electron chi connectivity index (χ3n) is 4.09. The highest BCUT2D eigenvalue weighted by Gasteiger charge is 2.13. The molecule has 0 aromatic heterocycles. The Hall–Kier alpha value is -1.91. The van der Waals surface area contributed by atoms with E-state index in [9.17, 15) is 0 Å². The largest absolute Gasteiger partial charge is 0.354 e. The first-order chi connectivity index (χ1) is 12.1. The molecule has 0 aliphatic heterocycles. The van der Waals surface area contributed by atoms with Crippen LogP contribution in [0.5, 0.6) is 0 Å². The Bertz CT molecular complexity index is 638. The summed E-state index contributed by atoms with van der Waals surface area (Å²) in [5.41, 5.74) is 3.63. The molecule has 0 spiro atoms. The summed E-state index contributed by atoms with van der Waals surface area (Å²) in [6.45, 7) is 3.10. The van der Waals surface area contributed by atoms with E-state index in [1.165, 1.54) is 24.0 Å². The van der Waals surface area contributed by atoms with Crippen LogP contribution in [-0.2, 0) is 6.42 Å². The number of hydrogen-bond acceptors (Lipinski definition) is 2. The van der Waals surface area contributed by atoms with Gasteiger partial charge in [0.1, 0.15) is 0 Å². The minimum Gasteiger partial charge on any atom is -0.354 e. The lowest BCUT2D eigenvalue weighted by molar-refractivity contribution is 0.363. The SMILES string of the molecule is CCCCc1ccc(NC(=S)N[C@H](CN(C)C)c2ccccc2)cc1. The van der Waals surface area contributed by atoms with Crippen molar-refractivity contribution in [1.82, 2.24) is 10.2 Å². The summed E-state index contributed by atoms with van der Waals surface area (Å²) in [5.74, 6) is 0. The van der Waals surface area contributed by atoms with Crippen LogP contribution in [0.25, 0.3) is 0 Å². The molecule has 0 bridgehead atoms. The Morgan fingerprint density at radius 2 is 1.72 bits per heavy atom. The number of rotatable bonds is 8. The van der Waals surface area contributed by atoms with Gasteiger partial charge in [0.2, 0.25) is 0 Å². The Kier molecular flexibility index (Phi) is 7.89. The standard InChI is InChI=1S/C21H29N3S/c1-4-5-9-17-12-14-19(15-13-17)22-21(25)23-20(16-24(2)3)18-10-7-6-8-11-18/h6-8,10-15,20H,4-5,9,16H2,1-3H3,(H2,22,23,25)/t20-/m1/s1. The van der Waals surface area contributed by atoms with E-state index in [1.54, 1.807) is 0 Å². The Balaban J connectivity index is 1.96. The first kappa shape index (κ1) is 19.4. The van der Waals surface area contributed by atoms with E-state index in [0.717, 1.165) is 18.7 Å². The molecule has 0 saturated carbocycles. The molecule has 0 aliphatic rings. The molecular weight excluding hydrogens is 326 g/mol. The van der Waals surface area contributed by atoms with Crippen molar-refractivity contribution in [3.05, 3.63) is 65.7 Å². The highest BCUT2D eigenvalue weighted by atomic mass is 32.1. The van der Waals surface area contributed by atoms with Crippen molar-refractivity contribution in [3.8, 4) is 0 Å². The van der Waals surface area contributed by atoms with Gasteiger partial charge in [-0.15, -0.1) is 0 Å². The summed E-state index contributed by atoms with van der Waals surface area (Å²) < 4.78 is 0. The second-order valence-electron chi connectivity index (χ2n) is 6.62. The summed E-state index contributed by atoms with van der Waals surface area (Å²) in [7, 11) is 4.15. The average molecular weight is 356 g/mol. The van der Waals surface area contributed by atoms with E-state index in [0.29, 0.717) is 5.11 Å². The lowest BCUT2D eigenvalue weighted by atomic mass is 10.1. The van der Waals surface area contributed by atoms with Gasteiger partial charge < -0.3 is 15.5 Å². The van der Waals surface area contributed by atoms with E-state index < -0.39 is 0 Å². The number of thiocarbonyl (C=S) groups is 1. The lowest BCUT2D eigenvalue weighted by Gasteiger charge is -2.24. The van der Waals surface area contributed by atoms with Crippen molar-refractivity contribution in [3.63, 3.8) is 0 Å². The number of unbranched alkanes of at least 4 members (excludes halogenated alkanes) is 1. The third kappa shape index (κ3) is 6.85. The van der Waals surface area contributed by atoms with Crippen LogP contribution < -0.4 is 10.6 Å². The van der Waals surface area contributed by atoms with E-state index in [-0.39, 0.29) is 6.04 Å². The van der Waals surface area contributed by atoms with Crippen LogP contribution in [-0.4, -0.2) is 30.7 Å². The van der Waals surface area contributed by atoms with Crippen LogP contribution in [0.1, 0.15) is 36.9 Å². The summed E-state index contributed by atoms with van der Waals surface area (Å²) in [6.07, 6.45) is 3.59. The van der Waals surface area contributed by atoms with Gasteiger partial charge in [0.15, 0.2) is 5.11 Å². The van der Waals surface area contributed by atoms with Crippen LogP contribution in [0.15, 0.2) is 54.6 Å². The molecule has 0 unspecified atom stereocenters. The maximum atomic E-state index is 5.53. The summed E-state index contributed by atoms with van der Waals surface area (Å²) in [6, 6.07) is 19.1. The zero-order chi connectivity index (χ0) is 18.1. The molecule has 0 radical (unpaired) electrons. The maximum Gasteiger partial charge on any atom is 0.171 e. The molecule has 2 aromatic carbocycles. The van der Waals surface area contributed by atoms with Crippen molar-refractivity contribution in [2.45, 2.75) is 32.2 Å². The van der Waals surface area contributed by atoms with Gasteiger partial charge in [-0.2, -0.15) is 0 Å². The molecule has 4 heteroatoms. The van der Waals surface area contributed by atoms with Crippen molar-refractivity contribution in [2.75, 3.05) is 26.0 Å². The molecule has 0 heterocycles. The summed E-state index contributed by atoms with van der Waals surface area (Å²) in [5, 5.41) is 7.39. The predicted molar refractivity (Wildman–Crippen MR) is 112 cm³/mol. The Morgan fingerprint density at radius 1 is 1.04 bits per heavy atom. The number of aryl methyl sites for hydroxylation is 1. The molecule has 0 saturated heterocycles. The second kappa shape index (κ2) is 10.2. The molecule has 0 amide bonds. The van der Waals surface area contributed by atoms with Crippen molar-refractivity contribution >= 4 is 23.0 Å². The fourth-order valence-corrected chi connectivity index (χ4v) is 3.01. The summed E-state index contributed by atoms with van der Waals surface area (Å²) in [4.78, 5) is 2.16. The molecule has 1 atom stereocenters. The first-order valence-electron chi connectivity index (χ1n) is 8.94. The van der Waals surface area contributed by atoms with Crippen molar-refractivity contribution < 1.29 is 0 Å². The van der Waals surface area contributed by atoms with E-state index in [2.05, 4.69) is 85.1 Å². The molecule has 25 heavy (non-hydrogen) atoms. The van der Waals surface area contributed by atoms with Crippen LogP contribution in [0.2, 0.25) is 0 Å². The van der Waals surface area contributed by atoms with Gasteiger partial charge in [-0.05, 0) is 62.4 Å². The van der Waals surface area contributed by atoms with Crippen LogP contribution in [0, 0.1) is 0 Å². The molecule has 0 aliphatic carbocycles. The minimum absolute atomic E-state index is 0.153. The smallest absolute Gasteiger partial charge is 0.171 e. The van der Waals surface area contributed by atoms with E-state index >= 15 is 0 Å². The predicted octanol–water partition coefficient (Wildman–Crippen LogP) is 4.62. The second-order valence-corrected chi connectivity index (χ2v) is 7.03.